The number of aromatic nitrogens is 2. The molecule has 0 unspecified atom stereocenters. The monoisotopic (exact) mass is 499 g/mol. The molecule has 0 atom stereocenters. The van der Waals surface area contributed by atoms with E-state index in [1.807, 2.05) is 36.4 Å². The van der Waals surface area contributed by atoms with Gasteiger partial charge in [-0.25, -0.2) is 0 Å². The Morgan fingerprint density at radius 3 is 1.52 bits per heavy atom. The fraction of sp³-hybridized carbons (Fsp3) is 0. The molecule has 0 saturated carbocycles. The van der Waals surface area contributed by atoms with Crippen LogP contribution in [-0.4, -0.2) is 48.0 Å². The second-order valence-corrected chi connectivity index (χ2v) is 8.69. The number of thiol groups is 2. The summed E-state index contributed by atoms with van der Waals surface area (Å²) in [7, 11) is 9.84. The van der Waals surface area contributed by atoms with Gasteiger partial charge in [0.25, 0.3) is 0 Å². The van der Waals surface area contributed by atoms with Gasteiger partial charge in [-0.05, 0) is 24.3 Å². The predicted octanol–water partition coefficient (Wildman–Crippen LogP) is 1.23. The van der Waals surface area contributed by atoms with E-state index in [0.29, 0.717) is 0 Å². The summed E-state index contributed by atoms with van der Waals surface area (Å²) in [5.41, 5.74) is 18.8. The Kier molecular flexibility index (Phi) is 17.0. The summed E-state index contributed by atoms with van der Waals surface area (Å²) < 4.78 is 0. The number of halogens is 2. The molecule has 0 aromatic carbocycles. The number of rotatable bonds is 4. The molecular weight excluding hydrogens is 485 g/mol. The van der Waals surface area contributed by atoms with Crippen LogP contribution < -0.4 is 11.5 Å². The van der Waals surface area contributed by atoms with E-state index in [1.165, 1.54) is 12.4 Å². The van der Waals surface area contributed by atoms with E-state index in [1.54, 1.807) is 12.4 Å². The second-order valence-electron chi connectivity index (χ2n) is 4.00. The van der Waals surface area contributed by atoms with E-state index in [-0.39, 0.29) is 10.2 Å². The van der Waals surface area contributed by atoms with Crippen molar-refractivity contribution in [2.24, 2.45) is 21.7 Å². The molecule has 4 N–H and O–H groups in total. The van der Waals surface area contributed by atoms with Crippen LogP contribution >= 0.6 is 19.3 Å². The van der Waals surface area contributed by atoms with Crippen LogP contribution in [0.2, 0.25) is 0 Å². The summed E-state index contributed by atoms with van der Waals surface area (Å²) >= 11 is 6.73. The van der Waals surface area contributed by atoms with Gasteiger partial charge in [0, 0.05) is 24.8 Å². The summed E-state index contributed by atoms with van der Waals surface area (Å²) in [6.07, 6.45) is 6.36. The topological polar surface area (TPSA) is 131 Å². The molecule has 0 bridgehead atoms. The van der Waals surface area contributed by atoms with Crippen LogP contribution in [0.4, 0.5) is 0 Å². The maximum absolute atomic E-state index is 5.14. The third-order valence-electron chi connectivity index (χ3n) is 2.08. The van der Waals surface area contributed by atoms with Gasteiger partial charge in [-0.3, -0.25) is 21.4 Å². The molecular formula is C14H16Cl2GaN8S2. The Labute approximate surface area is 183 Å². The van der Waals surface area contributed by atoms with Crippen LogP contribution in [0.15, 0.2) is 59.0 Å². The van der Waals surface area contributed by atoms with Crippen LogP contribution in [0.3, 0.4) is 0 Å². The van der Waals surface area contributed by atoms with Gasteiger partial charge >= 0.3 is 34.7 Å². The van der Waals surface area contributed by atoms with Crippen molar-refractivity contribution in [2.45, 2.75) is 0 Å². The molecule has 0 aliphatic rings. The summed E-state index contributed by atoms with van der Waals surface area (Å²) in [5, 5.41) is 7.53. The SMILES string of the molecule is NC(=[SH+])[N-]N=Cc1ccccn1.NC(=[SH+])[N-]N=Cc1ccccn1.[Cl][Ga][Cl]. The second kappa shape index (κ2) is 17.9. The molecule has 2 aromatic rings. The van der Waals surface area contributed by atoms with Crippen LogP contribution in [0.5, 0.6) is 0 Å². The van der Waals surface area contributed by atoms with Crippen LogP contribution in [0.1, 0.15) is 11.4 Å². The maximum atomic E-state index is 5.14. The summed E-state index contributed by atoms with van der Waals surface area (Å²) in [5.74, 6) is 0. The molecule has 0 spiro atoms. The van der Waals surface area contributed by atoms with Gasteiger partial charge in [0.05, 0.1) is 11.4 Å². The first-order chi connectivity index (χ1) is 13.0. The molecule has 0 saturated heterocycles. The van der Waals surface area contributed by atoms with Crippen molar-refractivity contribution < 1.29 is 0 Å². The number of pyridine rings is 2. The van der Waals surface area contributed by atoms with E-state index in [9.17, 15) is 0 Å². The fourth-order valence-corrected chi connectivity index (χ4v) is 1.30. The zero-order valence-corrected chi connectivity index (χ0v) is 19.6. The zero-order chi connectivity index (χ0) is 20.3. The molecule has 8 nitrogen and oxygen atoms in total. The van der Waals surface area contributed by atoms with Crippen molar-refractivity contribution >= 4 is 81.8 Å². The van der Waals surface area contributed by atoms with E-state index in [4.69, 9.17) is 30.7 Å². The number of nitrogens with two attached hydrogens (primary N) is 2. The van der Waals surface area contributed by atoms with Crippen LogP contribution in [0.25, 0.3) is 10.9 Å². The molecule has 0 fully saturated rings. The molecule has 0 aliphatic heterocycles. The number of nitrogens with zero attached hydrogens (tertiary/aromatic N) is 6. The quantitative estimate of drug-likeness (QED) is 0.163. The van der Waals surface area contributed by atoms with Crippen molar-refractivity contribution in [1.82, 2.24) is 9.97 Å². The normalized spacial score (nSPS) is 9.48. The van der Waals surface area contributed by atoms with Gasteiger partial charge in [-0.1, -0.05) is 12.1 Å². The summed E-state index contributed by atoms with van der Waals surface area (Å²) in [6.45, 7) is 0. The van der Waals surface area contributed by atoms with Crippen molar-refractivity contribution in [1.29, 1.82) is 0 Å². The molecule has 0 aliphatic carbocycles. The van der Waals surface area contributed by atoms with Gasteiger partial charge in [-0.2, -0.15) is 0 Å². The molecule has 13 heteroatoms. The van der Waals surface area contributed by atoms with Crippen molar-refractivity contribution in [3.8, 4) is 0 Å². The molecule has 2 heterocycles. The van der Waals surface area contributed by atoms with Gasteiger partial charge < -0.3 is 21.1 Å². The Balaban J connectivity index is 0.000000438. The number of hydrogen-bond donors (Lipinski definition) is 2. The average molecular weight is 501 g/mol. The van der Waals surface area contributed by atoms with Crippen LogP contribution in [0, 0.1) is 0 Å². The zero-order valence-electron chi connectivity index (χ0n) is 13.8. The van der Waals surface area contributed by atoms with Gasteiger partial charge in [0.15, 0.2) is 34.7 Å². The van der Waals surface area contributed by atoms with Crippen molar-refractivity contribution in [3.63, 3.8) is 0 Å². The van der Waals surface area contributed by atoms with Crippen molar-refractivity contribution in [3.05, 3.63) is 71.0 Å². The van der Waals surface area contributed by atoms with Gasteiger partial charge in [0.2, 0.25) is 0 Å². The molecule has 2 rings (SSSR count). The Morgan fingerprint density at radius 2 is 1.26 bits per heavy atom. The predicted molar refractivity (Wildman–Crippen MR) is 124 cm³/mol. The Morgan fingerprint density at radius 1 is 0.889 bits per heavy atom. The third kappa shape index (κ3) is 17.7. The first-order valence-corrected chi connectivity index (χ1v) is 14.2. The standard InChI is InChI=1S/2C7H8N4S.2ClH.Ga/c2*8-7(12)11-10-5-6-3-1-2-4-9-6;;;/h2*1-5H,(H3,8,9,11,12);2*1H;/q;;;;+2/p-2. The molecule has 27 heavy (non-hydrogen) atoms. The Bertz CT molecular complexity index is 658. The minimum atomic E-state index is -0.743. The molecule has 1 radical (unpaired) electrons. The summed E-state index contributed by atoms with van der Waals surface area (Å²) in [4.78, 5) is 7.98. The summed E-state index contributed by atoms with van der Waals surface area (Å²) in [6, 6.07) is 11.0. The molecule has 2 aromatic heterocycles. The first-order valence-electron chi connectivity index (χ1n) is 6.94. The average Bonchev–Trinajstić information content (AvgIpc) is 2.64. The van der Waals surface area contributed by atoms with E-state index >= 15 is 0 Å². The minimum absolute atomic E-state index is 0.127. The third-order valence-corrected chi connectivity index (χ3v) is 2.25. The van der Waals surface area contributed by atoms with Crippen molar-refractivity contribution in [2.75, 3.05) is 0 Å². The Hall–Kier alpha value is -1.44. The van der Waals surface area contributed by atoms with E-state index in [2.05, 4.69) is 55.5 Å². The number of hydrogen-bond acceptors (Lipinski definition) is 4. The van der Waals surface area contributed by atoms with Gasteiger partial charge in [-0.15, -0.1) is 0 Å². The fourth-order valence-electron chi connectivity index (χ4n) is 1.20. The van der Waals surface area contributed by atoms with E-state index < -0.39 is 15.4 Å². The first kappa shape index (κ1) is 25.6. The van der Waals surface area contributed by atoms with Gasteiger partial charge in [0.1, 0.15) is 0 Å². The molecule has 0 amide bonds. The molecule has 141 valence electrons. The van der Waals surface area contributed by atoms with Crippen LogP contribution in [-0.2, 0) is 24.4 Å². The van der Waals surface area contributed by atoms with E-state index in [0.717, 1.165) is 11.4 Å².